The number of carbonyl (C=O) groups is 2. The van der Waals surface area contributed by atoms with Gasteiger partial charge in [-0.1, -0.05) is 20.3 Å². The number of hydrogen-bond donors (Lipinski definition) is 3. The second-order valence-electron chi connectivity index (χ2n) is 7.77. The van der Waals surface area contributed by atoms with Gasteiger partial charge in [0.05, 0.1) is 5.92 Å². The largest absolute Gasteiger partial charge is 0.481 e. The molecule has 0 aromatic heterocycles. The highest BCUT2D eigenvalue weighted by atomic mass is 16.4. The third kappa shape index (κ3) is 2.62. The minimum atomic E-state index is -0.756. The van der Waals surface area contributed by atoms with Crippen LogP contribution in [-0.4, -0.2) is 29.2 Å². The van der Waals surface area contributed by atoms with E-state index in [0.29, 0.717) is 5.92 Å². The zero-order valence-electron chi connectivity index (χ0n) is 12.9. The molecule has 5 nitrogen and oxygen atoms in total. The quantitative estimate of drug-likeness (QED) is 0.747. The van der Waals surface area contributed by atoms with Crippen molar-refractivity contribution in [2.45, 2.75) is 64.5 Å². The number of hydrogen-bond acceptors (Lipinski definition) is 2. The maximum absolute atomic E-state index is 12.3. The molecule has 0 aliphatic heterocycles. The number of aliphatic carboxylic acids is 1. The van der Waals surface area contributed by atoms with Gasteiger partial charge in [-0.25, -0.2) is 4.79 Å². The Morgan fingerprint density at radius 2 is 1.81 bits per heavy atom. The third-order valence-corrected chi connectivity index (χ3v) is 6.06. The van der Waals surface area contributed by atoms with Crippen LogP contribution >= 0.6 is 0 Å². The fourth-order valence-electron chi connectivity index (χ4n) is 4.80. The first kappa shape index (κ1) is 14.7. The molecule has 3 rings (SSSR count). The summed E-state index contributed by atoms with van der Waals surface area (Å²) >= 11 is 0. The summed E-state index contributed by atoms with van der Waals surface area (Å²) in [6, 6.07) is -0.177. The Bertz CT molecular complexity index is 449. The number of nitrogens with one attached hydrogen (secondary N) is 2. The van der Waals surface area contributed by atoms with Crippen molar-refractivity contribution in [1.82, 2.24) is 10.6 Å². The second-order valence-corrected chi connectivity index (χ2v) is 7.77. The smallest absolute Gasteiger partial charge is 0.315 e. The van der Waals surface area contributed by atoms with E-state index in [2.05, 4.69) is 24.5 Å². The molecule has 5 atom stereocenters. The summed E-state index contributed by atoms with van der Waals surface area (Å²) in [6.07, 6.45) is 6.29. The summed E-state index contributed by atoms with van der Waals surface area (Å²) < 4.78 is 0. The summed E-state index contributed by atoms with van der Waals surface area (Å²) in [6.45, 7) is 4.37. The van der Waals surface area contributed by atoms with Crippen molar-refractivity contribution in [3.05, 3.63) is 0 Å². The van der Waals surface area contributed by atoms with Crippen LogP contribution < -0.4 is 10.6 Å². The molecule has 0 aromatic rings. The van der Waals surface area contributed by atoms with Gasteiger partial charge in [0.2, 0.25) is 0 Å². The molecule has 0 spiro atoms. The van der Waals surface area contributed by atoms with Crippen LogP contribution in [0.5, 0.6) is 0 Å². The van der Waals surface area contributed by atoms with Crippen LogP contribution in [0.1, 0.15) is 52.4 Å². The van der Waals surface area contributed by atoms with Gasteiger partial charge in [-0.3, -0.25) is 4.79 Å². The van der Waals surface area contributed by atoms with Crippen LogP contribution in [0, 0.1) is 23.2 Å². The van der Waals surface area contributed by atoms with Crippen LogP contribution in [-0.2, 0) is 4.79 Å². The topological polar surface area (TPSA) is 78.4 Å². The zero-order valence-corrected chi connectivity index (χ0v) is 12.9. The molecule has 21 heavy (non-hydrogen) atoms. The van der Waals surface area contributed by atoms with Gasteiger partial charge in [0, 0.05) is 12.1 Å². The van der Waals surface area contributed by atoms with Crippen molar-refractivity contribution in [3.8, 4) is 0 Å². The van der Waals surface area contributed by atoms with E-state index in [1.54, 1.807) is 0 Å². The Morgan fingerprint density at radius 3 is 2.43 bits per heavy atom. The summed E-state index contributed by atoms with van der Waals surface area (Å²) in [7, 11) is 0. The number of fused-ring (bicyclic) bond motifs is 2. The van der Waals surface area contributed by atoms with E-state index < -0.39 is 11.9 Å². The van der Waals surface area contributed by atoms with Gasteiger partial charge in [0.25, 0.3) is 0 Å². The van der Waals surface area contributed by atoms with Gasteiger partial charge in [-0.15, -0.1) is 0 Å². The van der Waals surface area contributed by atoms with E-state index in [1.807, 2.05) is 0 Å². The van der Waals surface area contributed by atoms with E-state index in [4.69, 9.17) is 0 Å². The fourth-order valence-corrected chi connectivity index (χ4v) is 4.80. The predicted octanol–water partition coefficient (Wildman–Crippen LogP) is 2.36. The lowest BCUT2D eigenvalue weighted by atomic mass is 9.84. The van der Waals surface area contributed by atoms with Crippen LogP contribution in [0.2, 0.25) is 0 Å². The van der Waals surface area contributed by atoms with Gasteiger partial charge in [0.1, 0.15) is 0 Å². The minimum absolute atomic E-state index is 0.137. The first-order valence-electron chi connectivity index (χ1n) is 8.18. The molecule has 5 unspecified atom stereocenters. The molecule has 118 valence electrons. The molecular formula is C16H26N2O3. The van der Waals surface area contributed by atoms with Gasteiger partial charge in [0.15, 0.2) is 0 Å². The summed E-state index contributed by atoms with van der Waals surface area (Å²) in [5.41, 5.74) is 0.137. The van der Waals surface area contributed by atoms with Crippen molar-refractivity contribution in [2.24, 2.45) is 23.2 Å². The molecule has 3 saturated carbocycles. The number of urea groups is 1. The van der Waals surface area contributed by atoms with E-state index in [-0.39, 0.29) is 29.4 Å². The molecule has 3 aliphatic rings. The molecular weight excluding hydrogens is 268 g/mol. The Hall–Kier alpha value is -1.26. The van der Waals surface area contributed by atoms with Crippen LogP contribution in [0.15, 0.2) is 0 Å². The molecule has 0 heterocycles. The number of amides is 2. The first-order chi connectivity index (χ1) is 9.88. The van der Waals surface area contributed by atoms with Crippen molar-refractivity contribution >= 4 is 12.0 Å². The van der Waals surface area contributed by atoms with Crippen LogP contribution in [0.25, 0.3) is 0 Å². The number of carboxylic acid groups (broad SMARTS) is 1. The third-order valence-electron chi connectivity index (χ3n) is 6.06. The monoisotopic (exact) mass is 294 g/mol. The highest BCUT2D eigenvalue weighted by Crippen LogP contribution is 2.48. The highest BCUT2D eigenvalue weighted by Gasteiger charge is 2.51. The fraction of sp³-hybridized carbons (Fsp3) is 0.875. The molecule has 0 aromatic carbocycles. The maximum Gasteiger partial charge on any atom is 0.315 e. The van der Waals surface area contributed by atoms with E-state index in [9.17, 15) is 14.7 Å². The average molecular weight is 294 g/mol. The van der Waals surface area contributed by atoms with Crippen molar-refractivity contribution in [2.75, 3.05) is 0 Å². The lowest BCUT2D eigenvalue weighted by molar-refractivity contribution is -0.144. The SMILES string of the molecule is CC1(C)CCCC1NC(=O)NC1C2CCC(C2)C1C(=O)O. The Kier molecular flexibility index (Phi) is 3.62. The van der Waals surface area contributed by atoms with Gasteiger partial charge in [-0.2, -0.15) is 0 Å². The molecule has 2 amide bonds. The summed E-state index contributed by atoms with van der Waals surface area (Å²) in [5, 5.41) is 15.5. The lowest BCUT2D eigenvalue weighted by Crippen LogP contribution is -2.53. The molecule has 0 radical (unpaired) electrons. The number of carbonyl (C=O) groups excluding carboxylic acids is 1. The molecule has 3 aliphatic carbocycles. The normalized spacial score (nSPS) is 40.2. The van der Waals surface area contributed by atoms with Crippen molar-refractivity contribution in [1.29, 1.82) is 0 Å². The molecule has 3 N–H and O–H groups in total. The molecule has 3 fully saturated rings. The van der Waals surface area contributed by atoms with E-state index in [1.165, 1.54) is 0 Å². The van der Waals surface area contributed by atoms with E-state index >= 15 is 0 Å². The van der Waals surface area contributed by atoms with Gasteiger partial charge < -0.3 is 15.7 Å². The molecule has 5 heteroatoms. The highest BCUT2D eigenvalue weighted by molar-refractivity contribution is 5.77. The number of carboxylic acids is 1. The summed E-state index contributed by atoms with van der Waals surface area (Å²) in [5.74, 6) is -0.557. The Labute approximate surface area is 125 Å². The Balaban J connectivity index is 1.61. The number of rotatable bonds is 3. The minimum Gasteiger partial charge on any atom is -0.481 e. The predicted molar refractivity (Wildman–Crippen MR) is 78.8 cm³/mol. The average Bonchev–Trinajstić information content (AvgIpc) is 3.04. The first-order valence-corrected chi connectivity index (χ1v) is 8.18. The van der Waals surface area contributed by atoms with Crippen LogP contribution in [0.4, 0.5) is 4.79 Å². The van der Waals surface area contributed by atoms with Crippen molar-refractivity contribution in [3.63, 3.8) is 0 Å². The summed E-state index contributed by atoms with van der Waals surface area (Å²) in [4.78, 5) is 23.7. The maximum atomic E-state index is 12.3. The van der Waals surface area contributed by atoms with E-state index in [0.717, 1.165) is 38.5 Å². The van der Waals surface area contributed by atoms with Crippen LogP contribution in [0.3, 0.4) is 0 Å². The molecule has 0 saturated heterocycles. The van der Waals surface area contributed by atoms with Gasteiger partial charge >= 0.3 is 12.0 Å². The Morgan fingerprint density at radius 1 is 1.10 bits per heavy atom. The lowest BCUT2D eigenvalue weighted by Gasteiger charge is -2.32. The van der Waals surface area contributed by atoms with Gasteiger partial charge in [-0.05, 0) is 49.4 Å². The van der Waals surface area contributed by atoms with Crippen molar-refractivity contribution < 1.29 is 14.7 Å². The second kappa shape index (κ2) is 5.18. The zero-order chi connectivity index (χ0) is 15.2. The molecule has 2 bridgehead atoms. The standard InChI is InChI=1S/C16H26N2O3/c1-16(2)7-3-4-11(16)17-15(21)18-13-10-6-5-9(8-10)12(13)14(19)20/h9-13H,3-8H2,1-2H3,(H,19,20)(H2,17,18,21).